The third-order valence-corrected chi connectivity index (χ3v) is 2.11. The molecule has 2 rings (SSSR count). The highest BCUT2D eigenvalue weighted by atomic mass is 16.5. The van der Waals surface area contributed by atoms with Crippen molar-refractivity contribution in [3.8, 4) is 17.0 Å². The van der Waals surface area contributed by atoms with Crippen LogP contribution in [0.15, 0.2) is 30.3 Å². The molecule has 0 atom stereocenters. The molecule has 76 valence electrons. The normalized spacial score (nSPS) is 9.93. The Morgan fingerprint density at radius 1 is 1.40 bits per heavy atom. The number of ether oxygens (including phenoxy) is 1. The zero-order valence-corrected chi connectivity index (χ0v) is 8.23. The highest BCUT2D eigenvalue weighted by Crippen LogP contribution is 2.27. The molecule has 2 aromatic rings. The molecule has 0 radical (unpaired) electrons. The largest absolute Gasteiger partial charge is 0.496 e. The number of para-hydroxylation sites is 1. The van der Waals surface area contributed by atoms with Crippen molar-refractivity contribution in [2.75, 3.05) is 7.11 Å². The second-order valence-electron chi connectivity index (χ2n) is 3.03. The third kappa shape index (κ3) is 1.74. The van der Waals surface area contributed by atoms with Crippen LogP contribution in [0.1, 0.15) is 10.5 Å². The lowest BCUT2D eigenvalue weighted by molar-refractivity contribution is 0.111. The van der Waals surface area contributed by atoms with Gasteiger partial charge in [-0.05, 0) is 18.2 Å². The first-order valence-electron chi connectivity index (χ1n) is 4.49. The zero-order valence-electron chi connectivity index (χ0n) is 8.23. The lowest BCUT2D eigenvalue weighted by Gasteiger charge is -2.04. The van der Waals surface area contributed by atoms with Crippen LogP contribution in [0.5, 0.6) is 5.75 Å². The number of methoxy groups -OCH3 is 1. The van der Waals surface area contributed by atoms with Gasteiger partial charge in [-0.15, -0.1) is 0 Å². The minimum atomic E-state index is 0.455. The van der Waals surface area contributed by atoms with Crippen molar-refractivity contribution in [3.63, 3.8) is 0 Å². The summed E-state index contributed by atoms with van der Waals surface area (Å²) in [6.07, 6.45) is 0.728. The molecule has 0 amide bonds. The molecule has 0 bridgehead atoms. The second-order valence-corrected chi connectivity index (χ2v) is 3.03. The van der Waals surface area contributed by atoms with Crippen molar-refractivity contribution in [2.45, 2.75) is 0 Å². The van der Waals surface area contributed by atoms with E-state index in [1.54, 1.807) is 13.2 Å². The maximum Gasteiger partial charge on any atom is 0.167 e. The fourth-order valence-corrected chi connectivity index (χ4v) is 1.39. The molecule has 1 heterocycles. The number of benzene rings is 1. The summed E-state index contributed by atoms with van der Waals surface area (Å²) < 4.78 is 5.20. The number of carbonyl (C=O) groups excluding carboxylic acids is 1. The number of nitrogens with zero attached hydrogens (tertiary/aromatic N) is 1. The molecule has 0 fully saturated rings. The van der Waals surface area contributed by atoms with E-state index in [9.17, 15) is 4.79 Å². The smallest absolute Gasteiger partial charge is 0.167 e. The number of hydrogen-bond donors (Lipinski definition) is 1. The van der Waals surface area contributed by atoms with Crippen molar-refractivity contribution >= 4 is 6.29 Å². The van der Waals surface area contributed by atoms with Crippen LogP contribution in [0.25, 0.3) is 11.3 Å². The van der Waals surface area contributed by atoms with Gasteiger partial charge in [-0.2, -0.15) is 5.10 Å². The van der Waals surface area contributed by atoms with Gasteiger partial charge in [0.15, 0.2) is 6.29 Å². The van der Waals surface area contributed by atoms with Crippen LogP contribution in [0.4, 0.5) is 0 Å². The van der Waals surface area contributed by atoms with Crippen molar-refractivity contribution in [2.24, 2.45) is 0 Å². The van der Waals surface area contributed by atoms with Crippen LogP contribution in [0, 0.1) is 0 Å². The average molecular weight is 202 g/mol. The molecule has 1 aromatic carbocycles. The third-order valence-electron chi connectivity index (χ3n) is 2.11. The molecule has 0 unspecified atom stereocenters. The topological polar surface area (TPSA) is 55.0 Å². The van der Waals surface area contributed by atoms with E-state index in [2.05, 4.69) is 10.2 Å². The number of H-pyrrole nitrogens is 1. The van der Waals surface area contributed by atoms with Crippen LogP contribution in [0.2, 0.25) is 0 Å². The summed E-state index contributed by atoms with van der Waals surface area (Å²) in [6.45, 7) is 0. The fourth-order valence-electron chi connectivity index (χ4n) is 1.39. The fraction of sp³-hybridized carbons (Fsp3) is 0.0909. The van der Waals surface area contributed by atoms with E-state index in [4.69, 9.17) is 4.74 Å². The number of rotatable bonds is 3. The first kappa shape index (κ1) is 9.45. The van der Waals surface area contributed by atoms with E-state index in [1.807, 2.05) is 24.3 Å². The number of hydrogen-bond acceptors (Lipinski definition) is 3. The summed E-state index contributed by atoms with van der Waals surface area (Å²) in [4.78, 5) is 10.5. The number of nitrogens with one attached hydrogen (secondary N) is 1. The zero-order chi connectivity index (χ0) is 10.7. The van der Waals surface area contributed by atoms with E-state index in [0.29, 0.717) is 11.4 Å². The van der Waals surface area contributed by atoms with E-state index >= 15 is 0 Å². The van der Waals surface area contributed by atoms with Crippen LogP contribution in [0.3, 0.4) is 0 Å². The van der Waals surface area contributed by atoms with E-state index in [1.165, 1.54) is 0 Å². The minimum absolute atomic E-state index is 0.455. The minimum Gasteiger partial charge on any atom is -0.496 e. The molecular formula is C11H10N2O2. The van der Waals surface area contributed by atoms with Gasteiger partial charge in [0.05, 0.1) is 18.5 Å². The predicted octanol–water partition coefficient (Wildman–Crippen LogP) is 1.90. The van der Waals surface area contributed by atoms with Crippen LogP contribution in [-0.2, 0) is 0 Å². The molecule has 1 aromatic heterocycles. The van der Waals surface area contributed by atoms with Crippen LogP contribution < -0.4 is 4.74 Å². The molecule has 0 saturated carbocycles. The number of aromatic nitrogens is 2. The molecule has 0 saturated heterocycles. The Morgan fingerprint density at radius 3 is 2.87 bits per heavy atom. The monoisotopic (exact) mass is 202 g/mol. The Balaban J connectivity index is 2.48. The Kier molecular flexibility index (Phi) is 2.49. The summed E-state index contributed by atoms with van der Waals surface area (Å²) >= 11 is 0. The maximum absolute atomic E-state index is 10.5. The standard InChI is InChI=1S/C11H10N2O2/c1-15-11-5-3-2-4-9(11)10-6-8(7-14)12-13-10/h2-7H,1H3,(H,12,13). The molecule has 0 aliphatic rings. The molecule has 15 heavy (non-hydrogen) atoms. The van der Waals surface area contributed by atoms with E-state index < -0.39 is 0 Å². The van der Waals surface area contributed by atoms with Gasteiger partial charge in [-0.25, -0.2) is 0 Å². The van der Waals surface area contributed by atoms with Gasteiger partial charge in [-0.1, -0.05) is 12.1 Å². The van der Waals surface area contributed by atoms with Crippen molar-refractivity contribution in [1.29, 1.82) is 0 Å². The Hall–Kier alpha value is -2.10. The van der Waals surface area contributed by atoms with Gasteiger partial charge in [0.25, 0.3) is 0 Å². The molecule has 4 heteroatoms. The first-order chi connectivity index (χ1) is 7.35. The Morgan fingerprint density at radius 2 is 2.20 bits per heavy atom. The number of carbonyl (C=O) groups is 1. The Labute approximate surface area is 86.9 Å². The van der Waals surface area contributed by atoms with Gasteiger partial charge in [-0.3, -0.25) is 9.89 Å². The summed E-state index contributed by atoms with van der Waals surface area (Å²) in [5.74, 6) is 0.737. The average Bonchev–Trinajstić information content (AvgIpc) is 2.77. The number of aromatic amines is 1. The van der Waals surface area contributed by atoms with Gasteiger partial charge in [0.2, 0.25) is 0 Å². The molecular weight excluding hydrogens is 192 g/mol. The van der Waals surface area contributed by atoms with E-state index in [0.717, 1.165) is 17.6 Å². The molecule has 4 nitrogen and oxygen atoms in total. The van der Waals surface area contributed by atoms with Gasteiger partial charge in [0.1, 0.15) is 5.75 Å². The Bertz CT molecular complexity index is 477. The quantitative estimate of drug-likeness (QED) is 0.773. The highest BCUT2D eigenvalue weighted by molar-refractivity contribution is 5.76. The van der Waals surface area contributed by atoms with Gasteiger partial charge < -0.3 is 4.74 Å². The van der Waals surface area contributed by atoms with Crippen molar-refractivity contribution in [1.82, 2.24) is 10.2 Å². The van der Waals surface area contributed by atoms with Gasteiger partial charge >= 0.3 is 0 Å². The molecule has 0 aliphatic carbocycles. The lowest BCUT2D eigenvalue weighted by atomic mass is 10.1. The summed E-state index contributed by atoms with van der Waals surface area (Å²) in [7, 11) is 1.60. The summed E-state index contributed by atoms with van der Waals surface area (Å²) in [6, 6.07) is 9.21. The number of aldehydes is 1. The van der Waals surface area contributed by atoms with Crippen LogP contribution in [-0.4, -0.2) is 23.6 Å². The first-order valence-corrected chi connectivity index (χ1v) is 4.49. The van der Waals surface area contributed by atoms with Crippen LogP contribution >= 0.6 is 0 Å². The lowest BCUT2D eigenvalue weighted by Crippen LogP contribution is -1.87. The SMILES string of the molecule is COc1ccccc1-c1cc(C=O)[nH]n1. The maximum atomic E-state index is 10.5. The highest BCUT2D eigenvalue weighted by Gasteiger charge is 2.07. The predicted molar refractivity (Wildman–Crippen MR) is 56.0 cm³/mol. The molecule has 0 aliphatic heterocycles. The van der Waals surface area contributed by atoms with Crippen molar-refractivity contribution < 1.29 is 9.53 Å². The van der Waals surface area contributed by atoms with Crippen molar-refractivity contribution in [3.05, 3.63) is 36.0 Å². The molecule has 0 spiro atoms. The second kappa shape index (κ2) is 3.96. The summed E-state index contributed by atoms with van der Waals surface area (Å²) in [5, 5.41) is 6.66. The van der Waals surface area contributed by atoms with E-state index in [-0.39, 0.29) is 0 Å². The van der Waals surface area contributed by atoms with Gasteiger partial charge in [0, 0.05) is 5.56 Å². The summed E-state index contributed by atoms with van der Waals surface area (Å²) in [5.41, 5.74) is 2.02. The molecule has 1 N–H and O–H groups in total.